The van der Waals surface area contributed by atoms with Gasteiger partial charge in [0.05, 0.1) is 6.42 Å². The number of hydrogen-bond donors (Lipinski definition) is 3. The molecule has 1 aliphatic rings. The highest BCUT2D eigenvalue weighted by Gasteiger charge is 2.33. The van der Waals surface area contributed by atoms with Gasteiger partial charge >= 0.3 is 12.0 Å². The minimum atomic E-state index is -0.875. The van der Waals surface area contributed by atoms with E-state index in [4.69, 9.17) is 5.11 Å². The number of carboxylic acid groups (broad SMARTS) is 1. The summed E-state index contributed by atoms with van der Waals surface area (Å²) in [5, 5.41) is 14.3. The Morgan fingerprint density at radius 3 is 2.53 bits per heavy atom. The van der Waals surface area contributed by atoms with Crippen LogP contribution in [0.25, 0.3) is 0 Å². The standard InChI is InChI=1S/C14H18N2O3/c17-13(18)8-12(11-6-7-11)16-14(19)15-9-10-4-2-1-3-5-10/h1-5,11-12H,6-9H2,(H,17,18)(H2,15,16,19). The number of hydrogen-bond acceptors (Lipinski definition) is 2. The van der Waals surface area contributed by atoms with Crippen molar-refractivity contribution < 1.29 is 14.7 Å². The third-order valence-corrected chi connectivity index (χ3v) is 3.20. The molecule has 1 aromatic rings. The lowest BCUT2D eigenvalue weighted by Gasteiger charge is -2.16. The number of urea groups is 1. The van der Waals surface area contributed by atoms with Gasteiger partial charge in [0, 0.05) is 12.6 Å². The maximum atomic E-state index is 11.7. The van der Waals surface area contributed by atoms with Crippen molar-refractivity contribution in [3.05, 3.63) is 35.9 Å². The van der Waals surface area contributed by atoms with Crippen molar-refractivity contribution in [1.29, 1.82) is 0 Å². The van der Waals surface area contributed by atoms with Crippen LogP contribution in [0.1, 0.15) is 24.8 Å². The predicted molar refractivity (Wildman–Crippen MR) is 70.6 cm³/mol. The number of carbonyl (C=O) groups is 2. The minimum absolute atomic E-state index is 0.0105. The molecule has 1 unspecified atom stereocenters. The second-order valence-electron chi connectivity index (χ2n) is 4.85. The molecule has 3 N–H and O–H groups in total. The quantitative estimate of drug-likeness (QED) is 0.730. The van der Waals surface area contributed by atoms with Crippen molar-refractivity contribution in [2.24, 2.45) is 5.92 Å². The van der Waals surface area contributed by atoms with Gasteiger partial charge in [-0.05, 0) is 24.3 Å². The number of aliphatic carboxylic acids is 1. The van der Waals surface area contributed by atoms with Crippen LogP contribution < -0.4 is 10.6 Å². The molecule has 5 heteroatoms. The molecule has 102 valence electrons. The monoisotopic (exact) mass is 262 g/mol. The summed E-state index contributed by atoms with van der Waals surface area (Å²) in [6.45, 7) is 0.442. The molecule has 0 spiro atoms. The van der Waals surface area contributed by atoms with Crippen LogP contribution in [-0.2, 0) is 11.3 Å². The molecular weight excluding hydrogens is 244 g/mol. The number of carbonyl (C=O) groups excluding carboxylic acids is 1. The highest BCUT2D eigenvalue weighted by atomic mass is 16.4. The molecule has 2 amide bonds. The number of benzene rings is 1. The molecule has 1 aromatic carbocycles. The Labute approximate surface area is 112 Å². The molecular formula is C14H18N2O3. The molecule has 5 nitrogen and oxygen atoms in total. The van der Waals surface area contributed by atoms with Crippen molar-refractivity contribution in [1.82, 2.24) is 10.6 Å². The topological polar surface area (TPSA) is 78.4 Å². The number of carboxylic acids is 1. The molecule has 0 saturated heterocycles. The van der Waals surface area contributed by atoms with Crippen LogP contribution in [0.2, 0.25) is 0 Å². The molecule has 1 saturated carbocycles. The van der Waals surface area contributed by atoms with Gasteiger partial charge < -0.3 is 15.7 Å². The molecule has 0 bridgehead atoms. The molecule has 19 heavy (non-hydrogen) atoms. The van der Waals surface area contributed by atoms with E-state index in [0.717, 1.165) is 18.4 Å². The maximum absolute atomic E-state index is 11.7. The van der Waals surface area contributed by atoms with Crippen LogP contribution in [0.5, 0.6) is 0 Å². The first kappa shape index (κ1) is 13.4. The molecule has 2 rings (SSSR count). The highest BCUT2D eigenvalue weighted by Crippen LogP contribution is 2.33. The Kier molecular flexibility index (Phi) is 4.39. The van der Waals surface area contributed by atoms with Gasteiger partial charge in [-0.3, -0.25) is 4.79 Å². The second kappa shape index (κ2) is 6.22. The van der Waals surface area contributed by atoms with Gasteiger partial charge in [0.25, 0.3) is 0 Å². The molecule has 0 heterocycles. The van der Waals surface area contributed by atoms with E-state index in [1.807, 2.05) is 30.3 Å². The first-order valence-corrected chi connectivity index (χ1v) is 6.45. The van der Waals surface area contributed by atoms with Gasteiger partial charge in [-0.15, -0.1) is 0 Å². The molecule has 1 aliphatic carbocycles. The number of nitrogens with one attached hydrogen (secondary N) is 2. The first-order valence-electron chi connectivity index (χ1n) is 6.45. The largest absolute Gasteiger partial charge is 0.481 e. The Morgan fingerprint density at radius 2 is 1.95 bits per heavy atom. The van der Waals surface area contributed by atoms with Gasteiger partial charge in [0.15, 0.2) is 0 Å². The van der Waals surface area contributed by atoms with Gasteiger partial charge in [-0.1, -0.05) is 30.3 Å². The lowest BCUT2D eigenvalue weighted by Crippen LogP contribution is -2.43. The fourth-order valence-corrected chi connectivity index (χ4v) is 2.02. The summed E-state index contributed by atoms with van der Waals surface area (Å²) in [7, 11) is 0. The van der Waals surface area contributed by atoms with Crippen molar-refractivity contribution in [3.8, 4) is 0 Å². The number of rotatable bonds is 6. The van der Waals surface area contributed by atoms with Gasteiger partial charge in [0.2, 0.25) is 0 Å². The molecule has 0 aromatic heterocycles. The molecule has 1 fully saturated rings. The zero-order chi connectivity index (χ0) is 13.7. The predicted octanol–water partition coefficient (Wildman–Crippen LogP) is 1.74. The smallest absolute Gasteiger partial charge is 0.315 e. The minimum Gasteiger partial charge on any atom is -0.481 e. The summed E-state index contributed by atoms with van der Waals surface area (Å²) in [5.41, 5.74) is 1.01. The lowest BCUT2D eigenvalue weighted by molar-refractivity contribution is -0.137. The van der Waals surface area contributed by atoms with Crippen molar-refractivity contribution in [2.45, 2.75) is 31.8 Å². The van der Waals surface area contributed by atoms with E-state index in [2.05, 4.69) is 10.6 Å². The Morgan fingerprint density at radius 1 is 1.26 bits per heavy atom. The fraction of sp³-hybridized carbons (Fsp3) is 0.429. The molecule has 1 atom stereocenters. The summed E-state index contributed by atoms with van der Waals surface area (Å²) in [6.07, 6.45) is 1.98. The van der Waals surface area contributed by atoms with Crippen LogP contribution in [-0.4, -0.2) is 23.1 Å². The van der Waals surface area contributed by atoms with Crippen LogP contribution in [0.15, 0.2) is 30.3 Å². The SMILES string of the molecule is O=C(O)CC(NC(=O)NCc1ccccc1)C1CC1. The van der Waals surface area contributed by atoms with Crippen LogP contribution in [0, 0.1) is 5.92 Å². The average Bonchev–Trinajstić information content (AvgIpc) is 3.20. The highest BCUT2D eigenvalue weighted by molar-refractivity contribution is 5.75. The summed E-state index contributed by atoms with van der Waals surface area (Å²) >= 11 is 0. The molecule has 0 radical (unpaired) electrons. The van der Waals surface area contributed by atoms with Gasteiger partial charge in [-0.2, -0.15) is 0 Å². The normalized spacial score (nSPS) is 15.6. The van der Waals surface area contributed by atoms with Crippen LogP contribution >= 0.6 is 0 Å². The van der Waals surface area contributed by atoms with E-state index in [1.54, 1.807) is 0 Å². The first-order chi connectivity index (χ1) is 9.15. The Balaban J connectivity index is 1.77. The van der Waals surface area contributed by atoms with E-state index >= 15 is 0 Å². The Hall–Kier alpha value is -2.04. The third-order valence-electron chi connectivity index (χ3n) is 3.20. The van der Waals surface area contributed by atoms with Crippen LogP contribution in [0.4, 0.5) is 4.79 Å². The summed E-state index contributed by atoms with van der Waals surface area (Å²) < 4.78 is 0. The van der Waals surface area contributed by atoms with Crippen molar-refractivity contribution in [2.75, 3.05) is 0 Å². The van der Waals surface area contributed by atoms with Gasteiger partial charge in [-0.25, -0.2) is 4.79 Å². The zero-order valence-electron chi connectivity index (χ0n) is 10.6. The zero-order valence-corrected chi connectivity index (χ0v) is 10.6. The van der Waals surface area contributed by atoms with E-state index < -0.39 is 5.97 Å². The van der Waals surface area contributed by atoms with Crippen molar-refractivity contribution >= 4 is 12.0 Å². The second-order valence-corrected chi connectivity index (χ2v) is 4.85. The Bertz CT molecular complexity index is 443. The maximum Gasteiger partial charge on any atom is 0.315 e. The summed E-state index contributed by atoms with van der Waals surface area (Å²) in [5.74, 6) is -0.557. The van der Waals surface area contributed by atoms with E-state index in [0.29, 0.717) is 12.5 Å². The average molecular weight is 262 g/mol. The third kappa shape index (κ3) is 4.62. The lowest BCUT2D eigenvalue weighted by atomic mass is 10.1. The van der Waals surface area contributed by atoms with Crippen molar-refractivity contribution in [3.63, 3.8) is 0 Å². The summed E-state index contributed by atoms with van der Waals surface area (Å²) in [6, 6.07) is 9.03. The fourth-order valence-electron chi connectivity index (χ4n) is 2.02. The van der Waals surface area contributed by atoms with E-state index in [-0.39, 0.29) is 18.5 Å². The van der Waals surface area contributed by atoms with E-state index in [9.17, 15) is 9.59 Å². The van der Waals surface area contributed by atoms with Crippen LogP contribution in [0.3, 0.4) is 0 Å². The molecule has 0 aliphatic heterocycles. The van der Waals surface area contributed by atoms with Gasteiger partial charge in [0.1, 0.15) is 0 Å². The number of amides is 2. The summed E-state index contributed by atoms with van der Waals surface area (Å²) in [4.78, 5) is 22.5. The van der Waals surface area contributed by atoms with E-state index in [1.165, 1.54) is 0 Å².